The minimum atomic E-state index is -1.11. The third kappa shape index (κ3) is 2.60. The second kappa shape index (κ2) is 5.86. The molecule has 0 aliphatic rings. The van der Waals surface area contributed by atoms with Crippen LogP contribution in [0.15, 0.2) is 56.6 Å². The zero-order valence-electron chi connectivity index (χ0n) is 13.6. The number of H-pyrrole nitrogens is 1. The van der Waals surface area contributed by atoms with Crippen LogP contribution in [-0.4, -0.2) is 15.4 Å². The highest BCUT2D eigenvalue weighted by Crippen LogP contribution is 2.36. The van der Waals surface area contributed by atoms with Crippen LogP contribution in [0.4, 0.5) is 0 Å². The summed E-state index contributed by atoms with van der Waals surface area (Å²) in [5.74, 6) is 0. The summed E-state index contributed by atoms with van der Waals surface area (Å²) in [5, 5.41) is 1.33. The predicted octanol–water partition coefficient (Wildman–Crippen LogP) is 4.64. The van der Waals surface area contributed by atoms with Gasteiger partial charge in [-0.25, -0.2) is 0 Å². The summed E-state index contributed by atoms with van der Waals surface area (Å²) >= 11 is 6.09. The molecule has 0 bridgehead atoms. The van der Waals surface area contributed by atoms with Gasteiger partial charge in [0.2, 0.25) is 0 Å². The number of hydrogen-bond acceptors (Lipinski definition) is 3. The number of fused-ring (bicyclic) bond motifs is 3. The van der Waals surface area contributed by atoms with E-state index in [9.17, 15) is 9.00 Å². The molecule has 0 saturated carbocycles. The second-order valence-corrected chi connectivity index (χ2v) is 7.70. The van der Waals surface area contributed by atoms with E-state index in [1.807, 2.05) is 18.2 Å². The normalized spacial score (nSPS) is 12.8. The number of benzene rings is 2. The van der Waals surface area contributed by atoms with Crippen LogP contribution in [0.25, 0.3) is 33.2 Å². The Hall–Kier alpha value is -2.37. The van der Waals surface area contributed by atoms with E-state index in [1.54, 1.807) is 37.4 Å². The maximum Gasteiger partial charge on any atom is 0.252 e. The number of pyridine rings is 1. The lowest BCUT2D eigenvalue weighted by Gasteiger charge is -2.08. The average molecular weight is 372 g/mol. The van der Waals surface area contributed by atoms with E-state index >= 15 is 0 Å². The Bertz CT molecular complexity index is 1220. The Morgan fingerprint density at radius 3 is 2.72 bits per heavy atom. The van der Waals surface area contributed by atoms with Gasteiger partial charge in [-0.3, -0.25) is 9.00 Å². The van der Waals surface area contributed by atoms with Gasteiger partial charge in [-0.15, -0.1) is 0 Å². The summed E-state index contributed by atoms with van der Waals surface area (Å²) in [5.41, 5.74) is 3.73. The molecule has 0 radical (unpaired) electrons. The molecule has 2 heterocycles. The number of rotatable bonds is 2. The topological polar surface area (TPSA) is 63.1 Å². The first-order valence-electron chi connectivity index (χ1n) is 7.64. The first-order chi connectivity index (χ1) is 12.0. The fourth-order valence-corrected chi connectivity index (χ4v) is 3.77. The molecule has 1 N–H and O–H groups in total. The molecule has 0 saturated heterocycles. The van der Waals surface area contributed by atoms with Gasteiger partial charge in [0.1, 0.15) is 5.58 Å². The summed E-state index contributed by atoms with van der Waals surface area (Å²) in [6.07, 6.45) is 1.63. The largest absolute Gasteiger partial charge is 0.454 e. The van der Waals surface area contributed by atoms with Crippen molar-refractivity contribution in [2.75, 3.05) is 6.26 Å². The third-order valence-electron chi connectivity index (χ3n) is 4.29. The molecule has 4 rings (SSSR count). The van der Waals surface area contributed by atoms with Gasteiger partial charge in [-0.1, -0.05) is 23.7 Å². The number of halogens is 1. The summed E-state index contributed by atoms with van der Waals surface area (Å²) in [7, 11) is -1.11. The van der Waals surface area contributed by atoms with E-state index in [2.05, 4.69) is 4.98 Å². The SMILES string of the molecule is Cc1c(-c2cccc(S(C)=O)c2)c2oc3ccc(Cl)cc3c2[nH]c1=O. The molecule has 1 atom stereocenters. The number of furan rings is 1. The zero-order chi connectivity index (χ0) is 17.7. The summed E-state index contributed by atoms with van der Waals surface area (Å²) in [4.78, 5) is 16.1. The fraction of sp³-hybridized carbons (Fsp3) is 0.105. The van der Waals surface area contributed by atoms with Gasteiger partial charge >= 0.3 is 0 Å². The van der Waals surface area contributed by atoms with Crippen LogP contribution in [0.5, 0.6) is 0 Å². The summed E-state index contributed by atoms with van der Waals surface area (Å²) in [6.45, 7) is 1.75. The van der Waals surface area contributed by atoms with Crippen LogP contribution in [0.1, 0.15) is 5.56 Å². The van der Waals surface area contributed by atoms with Gasteiger partial charge in [-0.05, 0) is 42.8 Å². The molecule has 0 spiro atoms. The third-order valence-corrected chi connectivity index (χ3v) is 5.44. The van der Waals surface area contributed by atoms with Crippen LogP contribution in [0, 0.1) is 6.92 Å². The van der Waals surface area contributed by atoms with Crippen molar-refractivity contribution >= 4 is 44.5 Å². The van der Waals surface area contributed by atoms with Crippen molar-refractivity contribution < 1.29 is 8.63 Å². The monoisotopic (exact) mass is 371 g/mol. The highest BCUT2D eigenvalue weighted by Gasteiger charge is 2.18. The Morgan fingerprint density at radius 1 is 1.16 bits per heavy atom. The van der Waals surface area contributed by atoms with Crippen molar-refractivity contribution in [3.8, 4) is 11.1 Å². The molecule has 0 amide bonds. The predicted molar refractivity (Wildman–Crippen MR) is 102 cm³/mol. The molecule has 25 heavy (non-hydrogen) atoms. The first kappa shape index (κ1) is 16.1. The molecule has 0 aliphatic heterocycles. The van der Waals surface area contributed by atoms with E-state index in [1.165, 1.54) is 0 Å². The minimum Gasteiger partial charge on any atom is -0.454 e. The summed E-state index contributed by atoms with van der Waals surface area (Å²) < 4.78 is 17.9. The molecule has 2 aromatic carbocycles. The average Bonchev–Trinajstić information content (AvgIpc) is 2.93. The van der Waals surface area contributed by atoms with E-state index in [4.69, 9.17) is 16.0 Å². The number of aromatic nitrogens is 1. The number of nitrogens with one attached hydrogen (secondary N) is 1. The molecular formula is C19H14ClNO3S. The van der Waals surface area contributed by atoms with Crippen molar-refractivity contribution in [1.29, 1.82) is 0 Å². The molecule has 6 heteroatoms. The van der Waals surface area contributed by atoms with E-state index in [0.717, 1.165) is 10.9 Å². The highest BCUT2D eigenvalue weighted by atomic mass is 35.5. The molecule has 1 unspecified atom stereocenters. The first-order valence-corrected chi connectivity index (χ1v) is 9.58. The van der Waals surface area contributed by atoms with Crippen LogP contribution in [0.2, 0.25) is 5.02 Å². The molecule has 0 aliphatic carbocycles. The Morgan fingerprint density at radius 2 is 1.96 bits per heavy atom. The van der Waals surface area contributed by atoms with Crippen molar-refractivity contribution in [3.05, 3.63) is 63.4 Å². The van der Waals surface area contributed by atoms with Crippen LogP contribution in [-0.2, 0) is 10.8 Å². The van der Waals surface area contributed by atoms with Crippen LogP contribution in [0.3, 0.4) is 0 Å². The number of hydrogen-bond donors (Lipinski definition) is 1. The summed E-state index contributed by atoms with van der Waals surface area (Å²) in [6, 6.07) is 12.7. The van der Waals surface area contributed by atoms with Crippen molar-refractivity contribution in [2.45, 2.75) is 11.8 Å². The lowest BCUT2D eigenvalue weighted by atomic mass is 10.0. The second-order valence-electron chi connectivity index (χ2n) is 5.88. The number of aromatic amines is 1. The molecule has 4 nitrogen and oxygen atoms in total. The Labute approximate surface area is 150 Å². The Balaban J connectivity index is 2.14. The maximum atomic E-state index is 12.5. The fourth-order valence-electron chi connectivity index (χ4n) is 3.04. The van der Waals surface area contributed by atoms with Crippen LogP contribution >= 0.6 is 11.6 Å². The smallest absolute Gasteiger partial charge is 0.252 e. The van der Waals surface area contributed by atoms with Gasteiger partial charge in [0.15, 0.2) is 5.58 Å². The van der Waals surface area contributed by atoms with Gasteiger partial charge in [0.05, 0.1) is 5.52 Å². The molecular weight excluding hydrogens is 358 g/mol. The van der Waals surface area contributed by atoms with E-state index in [-0.39, 0.29) is 5.56 Å². The van der Waals surface area contributed by atoms with Gasteiger partial charge in [0, 0.05) is 43.5 Å². The van der Waals surface area contributed by atoms with E-state index in [0.29, 0.717) is 37.7 Å². The van der Waals surface area contributed by atoms with E-state index < -0.39 is 10.8 Å². The standard InChI is InChI=1S/C19H14ClNO3S/c1-10-16(11-4-3-5-13(8-11)25(2)23)18-17(21-19(10)22)14-9-12(20)6-7-15(14)24-18/h3-9H,1-2H3,(H,21,22). The maximum absolute atomic E-state index is 12.5. The van der Waals surface area contributed by atoms with Crippen molar-refractivity contribution in [3.63, 3.8) is 0 Å². The van der Waals surface area contributed by atoms with Gasteiger partial charge in [-0.2, -0.15) is 0 Å². The molecule has 0 fully saturated rings. The lowest BCUT2D eigenvalue weighted by Crippen LogP contribution is -2.10. The Kier molecular flexibility index (Phi) is 3.78. The van der Waals surface area contributed by atoms with Crippen molar-refractivity contribution in [2.24, 2.45) is 0 Å². The quantitative estimate of drug-likeness (QED) is 0.558. The molecule has 2 aromatic heterocycles. The van der Waals surface area contributed by atoms with Crippen molar-refractivity contribution in [1.82, 2.24) is 4.98 Å². The minimum absolute atomic E-state index is 0.187. The van der Waals surface area contributed by atoms with Gasteiger partial charge < -0.3 is 9.40 Å². The molecule has 126 valence electrons. The zero-order valence-corrected chi connectivity index (χ0v) is 15.1. The highest BCUT2D eigenvalue weighted by molar-refractivity contribution is 7.84. The molecule has 4 aromatic rings. The lowest BCUT2D eigenvalue weighted by molar-refractivity contribution is 0.668. The van der Waals surface area contributed by atoms with Crippen LogP contribution < -0.4 is 5.56 Å². The van der Waals surface area contributed by atoms with Gasteiger partial charge in [0.25, 0.3) is 5.56 Å².